The molecule has 9 heteroatoms. The number of likely N-dealkylation sites (tertiary alicyclic amines) is 1. The number of carbonyl (C=O) groups is 1. The van der Waals surface area contributed by atoms with Crippen LogP contribution in [0.3, 0.4) is 0 Å². The van der Waals surface area contributed by atoms with Crippen molar-refractivity contribution < 1.29 is 19.4 Å². The van der Waals surface area contributed by atoms with Gasteiger partial charge in [-0.1, -0.05) is 19.6 Å². The molecule has 1 aromatic heterocycles. The number of aromatic nitrogens is 2. The van der Waals surface area contributed by atoms with Gasteiger partial charge >= 0.3 is 0 Å². The molecule has 1 saturated heterocycles. The van der Waals surface area contributed by atoms with Crippen LogP contribution < -0.4 is 10.9 Å². The van der Waals surface area contributed by atoms with Gasteiger partial charge in [-0.2, -0.15) is 0 Å². The molecule has 0 spiro atoms. The van der Waals surface area contributed by atoms with Gasteiger partial charge in [-0.15, -0.1) is 0 Å². The van der Waals surface area contributed by atoms with Crippen LogP contribution in [0.1, 0.15) is 41.8 Å². The van der Waals surface area contributed by atoms with Crippen molar-refractivity contribution in [2.45, 2.75) is 32.5 Å². The molecule has 1 fully saturated rings. The number of aromatic hydroxyl groups is 1. The number of nitrogens with one attached hydrogen (secondary N) is 1. The molecule has 2 atom stereocenters. The van der Waals surface area contributed by atoms with E-state index in [4.69, 9.17) is 0 Å². The van der Waals surface area contributed by atoms with Gasteiger partial charge in [-0.05, 0) is 31.2 Å². The summed E-state index contributed by atoms with van der Waals surface area (Å²) in [7, 11) is 3.25. The number of amides is 1. The summed E-state index contributed by atoms with van der Waals surface area (Å²) in [5.41, 5.74) is -0.446. The van der Waals surface area contributed by atoms with E-state index in [-0.39, 0.29) is 31.5 Å². The fourth-order valence-electron chi connectivity index (χ4n) is 3.21. The molecule has 152 valence electrons. The average Bonchev–Trinajstić information content (AvgIpc) is 2.97. The van der Waals surface area contributed by atoms with E-state index in [1.165, 1.54) is 35.9 Å². The Morgan fingerprint density at radius 2 is 1.96 bits per heavy atom. The molecule has 1 amide bonds. The Balaban J connectivity index is 0.00000280. The monoisotopic (exact) mass is 392 g/mol. The first kappa shape index (κ1) is 21.5. The minimum Gasteiger partial charge on any atom is -0.501 e. The van der Waals surface area contributed by atoms with Crippen molar-refractivity contribution in [3.05, 3.63) is 57.5 Å². The molecule has 0 saturated carbocycles. The van der Waals surface area contributed by atoms with Gasteiger partial charge in [0.15, 0.2) is 5.69 Å². The van der Waals surface area contributed by atoms with Crippen molar-refractivity contribution >= 4 is 5.91 Å². The average molecular weight is 392 g/mol. The third kappa shape index (κ3) is 4.20. The zero-order valence-corrected chi connectivity index (χ0v) is 15.0. The standard InChI is InChI=1S/C18H21FN4O4.CH4/c1-22-9-12(24)7-13(22)16-21-14(15(25)18(27)23(16)2)17(26)20-8-10-3-5-11(19)6-4-10;/h3-6,12-13,24-25H,7-9H2,1-2H3,(H,20,26);1H4/t12-,13+;/m1./s1. The summed E-state index contributed by atoms with van der Waals surface area (Å²) in [6, 6.07) is 5.24. The van der Waals surface area contributed by atoms with Gasteiger partial charge in [0.2, 0.25) is 5.75 Å². The fourth-order valence-corrected chi connectivity index (χ4v) is 3.21. The van der Waals surface area contributed by atoms with Crippen LogP contribution in [0, 0.1) is 5.82 Å². The van der Waals surface area contributed by atoms with Gasteiger partial charge in [0.05, 0.1) is 12.1 Å². The van der Waals surface area contributed by atoms with Crippen molar-refractivity contribution in [3.8, 4) is 5.75 Å². The van der Waals surface area contributed by atoms with Crippen molar-refractivity contribution in [2.75, 3.05) is 13.6 Å². The first-order valence-corrected chi connectivity index (χ1v) is 8.48. The van der Waals surface area contributed by atoms with Crippen LogP contribution in [0.25, 0.3) is 0 Å². The van der Waals surface area contributed by atoms with E-state index in [1.807, 2.05) is 4.90 Å². The number of halogens is 1. The second-order valence-electron chi connectivity index (χ2n) is 6.69. The van der Waals surface area contributed by atoms with Crippen molar-refractivity contribution in [1.29, 1.82) is 0 Å². The number of rotatable bonds is 4. The summed E-state index contributed by atoms with van der Waals surface area (Å²) in [5.74, 6) is -1.54. The molecule has 3 N–H and O–H groups in total. The number of likely N-dealkylation sites (N-methyl/N-ethyl adjacent to an activating group) is 1. The minimum atomic E-state index is -0.737. The number of nitrogens with zero attached hydrogens (tertiary/aromatic N) is 3. The van der Waals surface area contributed by atoms with Crippen LogP contribution in [0.5, 0.6) is 5.75 Å². The summed E-state index contributed by atoms with van der Waals surface area (Å²) in [6.07, 6.45) is -0.181. The second kappa shape index (κ2) is 8.49. The van der Waals surface area contributed by atoms with E-state index < -0.39 is 23.3 Å². The topological polar surface area (TPSA) is 108 Å². The quantitative estimate of drug-likeness (QED) is 0.715. The summed E-state index contributed by atoms with van der Waals surface area (Å²) in [6.45, 7) is 0.514. The third-order valence-electron chi connectivity index (χ3n) is 4.71. The Kier molecular flexibility index (Phi) is 6.52. The zero-order chi connectivity index (χ0) is 19.7. The van der Waals surface area contributed by atoms with E-state index in [0.717, 1.165) is 0 Å². The maximum atomic E-state index is 12.9. The molecule has 0 radical (unpaired) electrons. The van der Waals surface area contributed by atoms with Crippen LogP contribution >= 0.6 is 0 Å². The van der Waals surface area contributed by atoms with Crippen LogP contribution in [-0.2, 0) is 13.6 Å². The van der Waals surface area contributed by atoms with E-state index in [9.17, 15) is 24.2 Å². The molecule has 1 aromatic carbocycles. The molecular weight excluding hydrogens is 367 g/mol. The highest BCUT2D eigenvalue weighted by atomic mass is 19.1. The molecule has 0 bridgehead atoms. The van der Waals surface area contributed by atoms with Crippen LogP contribution in [0.4, 0.5) is 4.39 Å². The van der Waals surface area contributed by atoms with Crippen molar-refractivity contribution in [2.24, 2.45) is 7.05 Å². The summed E-state index contributed by atoms with van der Waals surface area (Å²) in [5, 5.41) is 22.5. The van der Waals surface area contributed by atoms with Crippen LogP contribution in [0.15, 0.2) is 29.1 Å². The summed E-state index contributed by atoms with van der Waals surface area (Å²) in [4.78, 5) is 30.9. The molecular formula is C19H25FN4O4. The lowest BCUT2D eigenvalue weighted by Crippen LogP contribution is -2.33. The fraction of sp³-hybridized carbons (Fsp3) is 0.421. The number of aliphatic hydroxyl groups is 1. The lowest BCUT2D eigenvalue weighted by Gasteiger charge is -2.21. The lowest BCUT2D eigenvalue weighted by molar-refractivity contribution is 0.0941. The number of carbonyl (C=O) groups excluding carboxylic acids is 1. The molecule has 0 unspecified atom stereocenters. The highest BCUT2D eigenvalue weighted by Crippen LogP contribution is 2.29. The predicted octanol–water partition coefficient (Wildman–Crippen LogP) is 0.929. The highest BCUT2D eigenvalue weighted by Gasteiger charge is 2.33. The largest absolute Gasteiger partial charge is 0.501 e. The van der Waals surface area contributed by atoms with E-state index >= 15 is 0 Å². The first-order valence-electron chi connectivity index (χ1n) is 8.48. The summed E-state index contributed by atoms with van der Waals surface area (Å²) < 4.78 is 14.1. The lowest BCUT2D eigenvalue weighted by atomic mass is 10.1. The molecule has 28 heavy (non-hydrogen) atoms. The number of hydrogen-bond acceptors (Lipinski definition) is 6. The Bertz CT molecular complexity index is 913. The predicted molar refractivity (Wildman–Crippen MR) is 101 cm³/mol. The van der Waals surface area contributed by atoms with Crippen molar-refractivity contribution in [3.63, 3.8) is 0 Å². The van der Waals surface area contributed by atoms with Gasteiger partial charge in [-0.3, -0.25) is 19.1 Å². The van der Waals surface area contributed by atoms with Crippen molar-refractivity contribution in [1.82, 2.24) is 19.8 Å². The van der Waals surface area contributed by atoms with Crippen LogP contribution in [-0.4, -0.2) is 50.3 Å². The maximum absolute atomic E-state index is 12.9. The van der Waals surface area contributed by atoms with E-state index in [2.05, 4.69) is 10.3 Å². The molecule has 2 heterocycles. The number of benzene rings is 1. The molecule has 8 nitrogen and oxygen atoms in total. The van der Waals surface area contributed by atoms with Gasteiger partial charge in [0.1, 0.15) is 11.6 Å². The van der Waals surface area contributed by atoms with E-state index in [1.54, 1.807) is 7.05 Å². The Morgan fingerprint density at radius 3 is 2.54 bits per heavy atom. The van der Waals surface area contributed by atoms with Crippen LogP contribution in [0.2, 0.25) is 0 Å². The molecule has 2 aromatic rings. The SMILES string of the molecule is C.CN1C[C@H](O)C[C@H]1c1nc(C(=O)NCc2ccc(F)cc2)c(O)c(=O)n1C. The highest BCUT2D eigenvalue weighted by molar-refractivity contribution is 5.94. The molecule has 3 rings (SSSR count). The number of aliphatic hydroxyl groups excluding tert-OH is 1. The minimum absolute atomic E-state index is 0. The summed E-state index contributed by atoms with van der Waals surface area (Å²) >= 11 is 0. The molecule has 1 aliphatic heterocycles. The van der Waals surface area contributed by atoms with Gasteiger partial charge in [-0.25, -0.2) is 9.37 Å². The molecule has 0 aliphatic carbocycles. The zero-order valence-electron chi connectivity index (χ0n) is 15.0. The first-order chi connectivity index (χ1) is 12.8. The normalized spacial score (nSPS) is 19.3. The maximum Gasteiger partial charge on any atom is 0.296 e. The smallest absolute Gasteiger partial charge is 0.296 e. The second-order valence-corrected chi connectivity index (χ2v) is 6.69. The van der Waals surface area contributed by atoms with Gasteiger partial charge < -0.3 is 15.5 Å². The molecule has 1 aliphatic rings. The Hall–Kier alpha value is -2.78. The Labute approximate surface area is 162 Å². The number of hydrogen-bond donors (Lipinski definition) is 3. The van der Waals surface area contributed by atoms with Gasteiger partial charge in [0.25, 0.3) is 11.5 Å². The van der Waals surface area contributed by atoms with E-state index in [0.29, 0.717) is 24.4 Å². The Morgan fingerprint density at radius 1 is 1.32 bits per heavy atom. The third-order valence-corrected chi connectivity index (χ3v) is 4.71. The number of β-amino-alcohol motifs (C(OH)–C–C–N with tert-alkyl or cyclic N) is 1. The van der Waals surface area contributed by atoms with Gasteiger partial charge in [0, 0.05) is 20.1 Å².